The first-order valence-electron chi connectivity index (χ1n) is 8.12. The standard InChI is InChI=1S/C18H20Cl2OS/c19-15-2-1-13(16(20)6-15)9-22-10-17(21)18-7-11-3-12(8-18)5-14(18)4-11/h1-2,6,11-12,14H,3-5,7-10H2. The molecule has 5 rings (SSSR count). The second-order valence-corrected chi connectivity index (χ2v) is 9.18. The predicted molar refractivity (Wildman–Crippen MR) is 93.6 cm³/mol. The molecule has 1 aromatic rings. The summed E-state index contributed by atoms with van der Waals surface area (Å²) in [5.41, 5.74) is 1.13. The van der Waals surface area contributed by atoms with Crippen LogP contribution >= 0.6 is 35.0 Å². The van der Waals surface area contributed by atoms with Gasteiger partial charge in [0.15, 0.2) is 0 Å². The molecule has 0 radical (unpaired) electrons. The molecule has 0 heterocycles. The summed E-state index contributed by atoms with van der Waals surface area (Å²) in [6.07, 6.45) is 6.37. The minimum atomic E-state index is 0.0599. The third-order valence-corrected chi connectivity index (χ3v) is 7.62. The van der Waals surface area contributed by atoms with Crippen LogP contribution in [0.1, 0.15) is 37.7 Å². The van der Waals surface area contributed by atoms with Gasteiger partial charge in [0.1, 0.15) is 5.78 Å². The lowest BCUT2D eigenvalue weighted by Gasteiger charge is -2.31. The third kappa shape index (κ3) is 2.52. The fourth-order valence-electron chi connectivity index (χ4n) is 5.29. The molecule has 4 heteroatoms. The molecule has 4 saturated carbocycles. The van der Waals surface area contributed by atoms with Crippen molar-refractivity contribution in [2.45, 2.75) is 37.9 Å². The lowest BCUT2D eigenvalue weighted by atomic mass is 9.73. The Morgan fingerprint density at radius 3 is 2.59 bits per heavy atom. The summed E-state index contributed by atoms with van der Waals surface area (Å²) in [4.78, 5) is 12.9. The number of benzene rings is 1. The molecular weight excluding hydrogens is 335 g/mol. The monoisotopic (exact) mass is 354 g/mol. The summed E-state index contributed by atoms with van der Waals surface area (Å²) in [6, 6.07) is 5.60. The SMILES string of the molecule is O=C(CSCc1ccc(Cl)cc1Cl)C12CC3CC(CC1C3)C2. The van der Waals surface area contributed by atoms with Crippen LogP contribution in [-0.4, -0.2) is 11.5 Å². The summed E-state index contributed by atoms with van der Waals surface area (Å²) in [5, 5.41) is 1.36. The van der Waals surface area contributed by atoms with Gasteiger partial charge in [-0.25, -0.2) is 0 Å². The van der Waals surface area contributed by atoms with Crippen molar-refractivity contribution < 1.29 is 4.79 Å². The molecule has 0 aromatic heterocycles. The quantitative estimate of drug-likeness (QED) is 0.682. The first-order valence-corrected chi connectivity index (χ1v) is 10.0. The Kier molecular flexibility index (Phi) is 3.99. The van der Waals surface area contributed by atoms with Gasteiger partial charge in [0.25, 0.3) is 0 Å². The van der Waals surface area contributed by atoms with Gasteiger partial charge in [-0.3, -0.25) is 4.79 Å². The van der Waals surface area contributed by atoms with Gasteiger partial charge in [0.05, 0.1) is 5.75 Å². The Balaban J connectivity index is 1.37. The van der Waals surface area contributed by atoms with Crippen molar-refractivity contribution in [3.8, 4) is 0 Å². The van der Waals surface area contributed by atoms with E-state index >= 15 is 0 Å². The zero-order chi connectivity index (χ0) is 15.3. The number of halogens is 2. The Labute approximate surface area is 146 Å². The molecule has 4 aliphatic rings. The van der Waals surface area contributed by atoms with E-state index in [2.05, 4.69) is 0 Å². The maximum Gasteiger partial charge on any atom is 0.149 e. The molecule has 1 aromatic carbocycles. The summed E-state index contributed by atoms with van der Waals surface area (Å²) in [5.74, 6) is 4.32. The molecule has 0 aliphatic heterocycles. The van der Waals surface area contributed by atoms with Crippen LogP contribution < -0.4 is 0 Å². The number of Topliss-reactive ketones (excluding diaryl/α,β-unsaturated/α-hetero) is 1. The molecule has 2 atom stereocenters. The van der Waals surface area contributed by atoms with Gasteiger partial charge < -0.3 is 0 Å². The molecule has 118 valence electrons. The van der Waals surface area contributed by atoms with Crippen LogP contribution in [0.4, 0.5) is 0 Å². The smallest absolute Gasteiger partial charge is 0.149 e. The summed E-state index contributed by atoms with van der Waals surface area (Å²) in [6.45, 7) is 0. The first-order chi connectivity index (χ1) is 10.6. The summed E-state index contributed by atoms with van der Waals surface area (Å²) < 4.78 is 0. The normalized spacial score (nSPS) is 35.3. The third-order valence-electron chi connectivity index (χ3n) is 6.05. The molecular formula is C18H20Cl2OS. The van der Waals surface area contributed by atoms with Crippen LogP contribution in [0, 0.1) is 23.2 Å². The van der Waals surface area contributed by atoms with E-state index < -0.39 is 0 Å². The highest BCUT2D eigenvalue weighted by Crippen LogP contribution is 2.65. The van der Waals surface area contributed by atoms with E-state index in [9.17, 15) is 4.79 Å². The number of carbonyl (C=O) groups is 1. The van der Waals surface area contributed by atoms with Gasteiger partial charge >= 0.3 is 0 Å². The highest BCUT2D eigenvalue weighted by molar-refractivity contribution is 7.99. The summed E-state index contributed by atoms with van der Waals surface area (Å²) >= 11 is 13.8. The molecule has 2 unspecified atom stereocenters. The van der Waals surface area contributed by atoms with E-state index in [0.717, 1.165) is 23.2 Å². The van der Waals surface area contributed by atoms with Crippen LogP contribution in [0.2, 0.25) is 10.0 Å². The van der Waals surface area contributed by atoms with Crippen molar-refractivity contribution in [3.05, 3.63) is 33.8 Å². The topological polar surface area (TPSA) is 17.1 Å². The lowest BCUT2D eigenvalue weighted by Crippen LogP contribution is -2.34. The van der Waals surface area contributed by atoms with Crippen LogP contribution in [0.3, 0.4) is 0 Å². The van der Waals surface area contributed by atoms with Gasteiger partial charge in [-0.05, 0) is 67.6 Å². The number of thioether (sulfide) groups is 1. The molecule has 1 nitrogen and oxygen atoms in total. The van der Waals surface area contributed by atoms with E-state index in [0.29, 0.717) is 27.5 Å². The molecule has 0 saturated heterocycles. The highest BCUT2D eigenvalue weighted by Gasteiger charge is 2.60. The minimum Gasteiger partial charge on any atom is -0.298 e. The average molecular weight is 355 g/mol. The molecule has 4 fully saturated rings. The first kappa shape index (κ1) is 15.4. The fourth-order valence-corrected chi connectivity index (χ4v) is 6.89. The Morgan fingerprint density at radius 2 is 1.91 bits per heavy atom. The van der Waals surface area contributed by atoms with Gasteiger partial charge in [0, 0.05) is 21.2 Å². The summed E-state index contributed by atoms with van der Waals surface area (Å²) in [7, 11) is 0. The van der Waals surface area contributed by atoms with E-state index in [4.69, 9.17) is 23.2 Å². The second kappa shape index (κ2) is 5.72. The van der Waals surface area contributed by atoms with Crippen molar-refractivity contribution in [2.24, 2.45) is 23.2 Å². The number of carbonyl (C=O) groups excluding carboxylic acids is 1. The zero-order valence-electron chi connectivity index (χ0n) is 12.5. The largest absolute Gasteiger partial charge is 0.298 e. The minimum absolute atomic E-state index is 0.0599. The van der Waals surface area contributed by atoms with Gasteiger partial charge in [-0.1, -0.05) is 29.3 Å². The van der Waals surface area contributed by atoms with Gasteiger partial charge in [-0.15, -0.1) is 11.8 Å². The molecule has 0 amide bonds. The number of hydrogen-bond donors (Lipinski definition) is 0. The second-order valence-electron chi connectivity index (χ2n) is 7.35. The number of ketones is 1. The van der Waals surface area contributed by atoms with Gasteiger partial charge in [0.2, 0.25) is 0 Å². The van der Waals surface area contributed by atoms with E-state index in [1.165, 1.54) is 32.1 Å². The van der Waals surface area contributed by atoms with Crippen molar-refractivity contribution in [1.29, 1.82) is 0 Å². The molecule has 0 N–H and O–H groups in total. The Hall–Kier alpha value is -0.180. The number of rotatable bonds is 5. The predicted octanol–water partition coefficient (Wildman–Crippen LogP) is 5.62. The van der Waals surface area contributed by atoms with Crippen LogP contribution in [0.15, 0.2) is 18.2 Å². The maximum atomic E-state index is 12.9. The van der Waals surface area contributed by atoms with E-state index in [1.807, 2.05) is 12.1 Å². The fraction of sp³-hybridized carbons (Fsp3) is 0.611. The Morgan fingerprint density at radius 1 is 1.18 bits per heavy atom. The molecule has 4 bridgehead atoms. The van der Waals surface area contributed by atoms with Crippen molar-refractivity contribution >= 4 is 40.7 Å². The van der Waals surface area contributed by atoms with Crippen LogP contribution in [0.5, 0.6) is 0 Å². The van der Waals surface area contributed by atoms with E-state index in [-0.39, 0.29) is 5.41 Å². The van der Waals surface area contributed by atoms with Gasteiger partial charge in [-0.2, -0.15) is 0 Å². The highest BCUT2D eigenvalue weighted by atomic mass is 35.5. The average Bonchev–Trinajstić information content (AvgIpc) is 2.87. The zero-order valence-corrected chi connectivity index (χ0v) is 14.8. The van der Waals surface area contributed by atoms with Crippen molar-refractivity contribution in [3.63, 3.8) is 0 Å². The van der Waals surface area contributed by atoms with Crippen molar-refractivity contribution in [2.75, 3.05) is 5.75 Å². The number of hydrogen-bond acceptors (Lipinski definition) is 2. The Bertz CT molecular complexity index is 601. The molecule has 4 aliphatic carbocycles. The van der Waals surface area contributed by atoms with Crippen LogP contribution in [0.25, 0.3) is 0 Å². The lowest BCUT2D eigenvalue weighted by molar-refractivity contribution is -0.127. The molecule has 0 spiro atoms. The van der Waals surface area contributed by atoms with Crippen LogP contribution in [-0.2, 0) is 10.5 Å². The van der Waals surface area contributed by atoms with E-state index in [1.54, 1.807) is 17.8 Å². The maximum absolute atomic E-state index is 12.9. The molecule has 22 heavy (non-hydrogen) atoms. The van der Waals surface area contributed by atoms with Crippen molar-refractivity contribution in [1.82, 2.24) is 0 Å².